The molecule has 35 heavy (non-hydrogen) atoms. The predicted molar refractivity (Wildman–Crippen MR) is 129 cm³/mol. The van der Waals surface area contributed by atoms with E-state index in [1.54, 1.807) is 30.3 Å². The molecular formula is C26H19ClN2O6. The molecule has 0 atom stereocenters. The molecule has 0 aliphatic heterocycles. The van der Waals surface area contributed by atoms with Crippen molar-refractivity contribution in [2.45, 2.75) is 6.61 Å². The van der Waals surface area contributed by atoms with Crippen molar-refractivity contribution in [2.24, 2.45) is 0 Å². The highest BCUT2D eigenvalue weighted by molar-refractivity contribution is 6.30. The molecule has 1 amide bonds. The molecule has 0 saturated carbocycles. The minimum Gasteiger partial charge on any atom is -0.488 e. The lowest BCUT2D eigenvalue weighted by Crippen LogP contribution is -2.13. The first-order chi connectivity index (χ1) is 16.8. The SMILES string of the molecule is COC(=O)c1ccc(NC(=O)/C(C#N)=C/c2cc(Cl)ccc2OCc2ccc(C(=O)O)cc2)cc1. The molecule has 9 heteroatoms. The first-order valence-electron chi connectivity index (χ1n) is 10.2. The number of aromatic carboxylic acids is 1. The Labute approximate surface area is 206 Å². The van der Waals surface area contributed by atoms with Gasteiger partial charge < -0.3 is 19.9 Å². The van der Waals surface area contributed by atoms with Crippen LogP contribution in [0.25, 0.3) is 6.08 Å². The lowest BCUT2D eigenvalue weighted by Gasteiger charge is -2.11. The van der Waals surface area contributed by atoms with Crippen LogP contribution in [0.3, 0.4) is 0 Å². The minimum absolute atomic E-state index is 0.128. The van der Waals surface area contributed by atoms with Crippen LogP contribution in [0, 0.1) is 11.3 Å². The van der Waals surface area contributed by atoms with E-state index < -0.39 is 17.8 Å². The third-order valence-corrected chi connectivity index (χ3v) is 5.03. The van der Waals surface area contributed by atoms with E-state index in [0.29, 0.717) is 27.6 Å². The molecule has 3 aromatic carbocycles. The van der Waals surface area contributed by atoms with Crippen LogP contribution >= 0.6 is 11.6 Å². The zero-order valence-electron chi connectivity index (χ0n) is 18.4. The molecular weight excluding hydrogens is 472 g/mol. The van der Waals surface area contributed by atoms with E-state index in [4.69, 9.17) is 21.4 Å². The summed E-state index contributed by atoms with van der Waals surface area (Å²) in [5, 5.41) is 21.5. The third-order valence-electron chi connectivity index (χ3n) is 4.80. The maximum absolute atomic E-state index is 12.7. The summed E-state index contributed by atoms with van der Waals surface area (Å²) in [5.74, 6) is -1.82. The van der Waals surface area contributed by atoms with Gasteiger partial charge in [0.2, 0.25) is 0 Å². The molecule has 176 valence electrons. The van der Waals surface area contributed by atoms with Crippen LogP contribution in [0.1, 0.15) is 31.8 Å². The van der Waals surface area contributed by atoms with Crippen molar-refractivity contribution in [1.82, 2.24) is 0 Å². The Morgan fingerprint density at radius 3 is 2.29 bits per heavy atom. The third kappa shape index (κ3) is 6.69. The maximum atomic E-state index is 12.7. The number of carbonyl (C=O) groups excluding carboxylic acids is 2. The number of methoxy groups -OCH3 is 1. The molecule has 0 aliphatic rings. The highest BCUT2D eigenvalue weighted by atomic mass is 35.5. The zero-order chi connectivity index (χ0) is 25.4. The van der Waals surface area contributed by atoms with Gasteiger partial charge in [-0.05, 0) is 66.2 Å². The molecule has 0 saturated heterocycles. The highest BCUT2D eigenvalue weighted by Gasteiger charge is 2.13. The molecule has 0 aliphatic carbocycles. The van der Waals surface area contributed by atoms with E-state index >= 15 is 0 Å². The van der Waals surface area contributed by atoms with Crippen LogP contribution in [0.4, 0.5) is 5.69 Å². The molecule has 0 unspecified atom stereocenters. The van der Waals surface area contributed by atoms with Gasteiger partial charge in [-0.1, -0.05) is 23.7 Å². The number of carboxylic acids is 1. The van der Waals surface area contributed by atoms with Gasteiger partial charge >= 0.3 is 11.9 Å². The lowest BCUT2D eigenvalue weighted by molar-refractivity contribution is -0.112. The second kappa shape index (κ2) is 11.5. The van der Waals surface area contributed by atoms with E-state index in [2.05, 4.69) is 10.1 Å². The first kappa shape index (κ1) is 25.0. The van der Waals surface area contributed by atoms with Gasteiger partial charge in [0, 0.05) is 16.3 Å². The molecule has 2 N–H and O–H groups in total. The van der Waals surface area contributed by atoms with E-state index in [1.807, 2.05) is 6.07 Å². The number of ether oxygens (including phenoxy) is 2. The van der Waals surface area contributed by atoms with Gasteiger partial charge in [-0.15, -0.1) is 0 Å². The summed E-state index contributed by atoms with van der Waals surface area (Å²) in [6, 6.07) is 18.9. The summed E-state index contributed by atoms with van der Waals surface area (Å²) in [6.07, 6.45) is 1.35. The van der Waals surface area contributed by atoms with Crippen molar-refractivity contribution in [2.75, 3.05) is 12.4 Å². The highest BCUT2D eigenvalue weighted by Crippen LogP contribution is 2.26. The Hall–Kier alpha value is -4.61. The molecule has 8 nitrogen and oxygen atoms in total. The summed E-state index contributed by atoms with van der Waals surface area (Å²) in [4.78, 5) is 35.2. The number of hydrogen-bond donors (Lipinski definition) is 2. The number of nitrogens with zero attached hydrogens (tertiary/aromatic N) is 1. The summed E-state index contributed by atoms with van der Waals surface area (Å²) in [7, 11) is 1.27. The predicted octanol–water partition coefficient (Wildman–Crippen LogP) is 4.95. The smallest absolute Gasteiger partial charge is 0.337 e. The van der Waals surface area contributed by atoms with Crippen LogP contribution < -0.4 is 10.1 Å². The number of nitrogens with one attached hydrogen (secondary N) is 1. The molecule has 0 radical (unpaired) electrons. The van der Waals surface area contributed by atoms with Crippen molar-refractivity contribution in [3.63, 3.8) is 0 Å². The Balaban J connectivity index is 1.77. The Morgan fingerprint density at radius 1 is 1.03 bits per heavy atom. The van der Waals surface area contributed by atoms with Gasteiger partial charge in [-0.25, -0.2) is 9.59 Å². The summed E-state index contributed by atoms with van der Waals surface area (Å²) in [5.41, 5.74) is 1.81. The molecule has 3 rings (SSSR count). The van der Waals surface area contributed by atoms with Crippen molar-refractivity contribution in [3.05, 3.63) is 99.6 Å². The number of rotatable bonds is 8. The van der Waals surface area contributed by atoms with Crippen LogP contribution in [0.5, 0.6) is 5.75 Å². The standard InChI is InChI=1S/C26H19ClN2O6/c1-34-26(33)18-6-9-22(10-7-18)29-24(30)20(14-28)12-19-13-21(27)8-11-23(19)35-15-16-2-4-17(5-3-16)25(31)32/h2-13H,15H2,1H3,(H,29,30)(H,31,32)/b20-12+. The van der Waals surface area contributed by atoms with Gasteiger partial charge in [0.15, 0.2) is 0 Å². The van der Waals surface area contributed by atoms with Gasteiger partial charge in [-0.3, -0.25) is 4.79 Å². The Bertz CT molecular complexity index is 1330. The molecule has 0 bridgehead atoms. The summed E-state index contributed by atoms with van der Waals surface area (Å²) < 4.78 is 10.5. The van der Waals surface area contributed by atoms with Crippen LogP contribution in [-0.4, -0.2) is 30.1 Å². The average Bonchev–Trinajstić information content (AvgIpc) is 2.86. The molecule has 0 spiro atoms. The number of anilines is 1. The van der Waals surface area contributed by atoms with Crippen LogP contribution in [0.2, 0.25) is 5.02 Å². The molecule has 3 aromatic rings. The van der Waals surface area contributed by atoms with E-state index in [9.17, 15) is 19.6 Å². The second-order valence-electron chi connectivity index (χ2n) is 7.17. The monoisotopic (exact) mass is 490 g/mol. The number of esters is 1. The van der Waals surface area contributed by atoms with E-state index in [1.165, 1.54) is 49.6 Å². The largest absolute Gasteiger partial charge is 0.488 e. The number of halogens is 1. The number of amides is 1. The quantitative estimate of drug-likeness (QED) is 0.260. The molecule has 0 aromatic heterocycles. The zero-order valence-corrected chi connectivity index (χ0v) is 19.2. The van der Waals surface area contributed by atoms with Crippen LogP contribution in [-0.2, 0) is 16.1 Å². The number of carboxylic acid groups (broad SMARTS) is 1. The van der Waals surface area contributed by atoms with Crippen molar-refractivity contribution in [3.8, 4) is 11.8 Å². The fraction of sp³-hybridized carbons (Fsp3) is 0.0769. The maximum Gasteiger partial charge on any atom is 0.337 e. The number of carbonyl (C=O) groups is 3. The fourth-order valence-electron chi connectivity index (χ4n) is 2.98. The average molecular weight is 491 g/mol. The summed E-state index contributed by atoms with van der Waals surface area (Å²) >= 11 is 6.11. The number of nitriles is 1. The van der Waals surface area contributed by atoms with E-state index in [-0.39, 0.29) is 17.7 Å². The van der Waals surface area contributed by atoms with Crippen molar-refractivity contribution >= 4 is 41.2 Å². The lowest BCUT2D eigenvalue weighted by atomic mass is 10.1. The van der Waals surface area contributed by atoms with Gasteiger partial charge in [-0.2, -0.15) is 5.26 Å². The minimum atomic E-state index is -1.02. The van der Waals surface area contributed by atoms with Gasteiger partial charge in [0.05, 0.1) is 18.2 Å². The molecule has 0 fully saturated rings. The Morgan fingerprint density at radius 2 is 1.69 bits per heavy atom. The van der Waals surface area contributed by atoms with Crippen molar-refractivity contribution in [1.29, 1.82) is 5.26 Å². The summed E-state index contributed by atoms with van der Waals surface area (Å²) in [6.45, 7) is 0.128. The van der Waals surface area contributed by atoms with Crippen LogP contribution in [0.15, 0.2) is 72.3 Å². The van der Waals surface area contributed by atoms with Gasteiger partial charge in [0.25, 0.3) is 5.91 Å². The second-order valence-corrected chi connectivity index (χ2v) is 7.60. The normalized spacial score (nSPS) is 10.7. The first-order valence-corrected chi connectivity index (χ1v) is 10.5. The van der Waals surface area contributed by atoms with E-state index in [0.717, 1.165) is 5.56 Å². The number of benzene rings is 3. The molecule has 0 heterocycles. The fourth-order valence-corrected chi connectivity index (χ4v) is 3.16. The Kier molecular flexibility index (Phi) is 8.22. The van der Waals surface area contributed by atoms with Gasteiger partial charge in [0.1, 0.15) is 24.0 Å². The topological polar surface area (TPSA) is 126 Å². The number of hydrogen-bond acceptors (Lipinski definition) is 6. The van der Waals surface area contributed by atoms with Crippen molar-refractivity contribution < 1.29 is 29.0 Å².